The minimum absolute atomic E-state index is 0.0314. The zero-order valence-electron chi connectivity index (χ0n) is 22.5. The predicted molar refractivity (Wildman–Crippen MR) is 161 cm³/mol. The van der Waals surface area contributed by atoms with E-state index in [0.29, 0.717) is 11.2 Å². The number of thiol groups is 1. The van der Waals surface area contributed by atoms with Crippen molar-refractivity contribution in [2.75, 3.05) is 24.7 Å². The van der Waals surface area contributed by atoms with Crippen LogP contribution in [-0.2, 0) is 34.9 Å². The van der Waals surface area contributed by atoms with E-state index in [1.807, 2.05) is 0 Å². The normalized spacial score (nSPS) is 28.5. The summed E-state index contributed by atoms with van der Waals surface area (Å²) in [4.78, 5) is 46.1. The molecule has 2 aliphatic rings. The number of nitrogen functional groups attached to an aromatic ring is 2. The Balaban J connectivity index is 1.13. The summed E-state index contributed by atoms with van der Waals surface area (Å²) in [6.45, 7) is -7.80. The summed E-state index contributed by atoms with van der Waals surface area (Å²) >= 11 is 9.15. The summed E-state index contributed by atoms with van der Waals surface area (Å²) in [5, 5.41) is 13.6. The Morgan fingerprint density at radius 2 is 1.86 bits per heavy atom. The molecule has 24 heteroatoms. The highest BCUT2D eigenvalue weighted by molar-refractivity contribution is 8.45. The molecule has 10 N–H and O–H groups in total. The molecular weight excluding hydrogens is 662 g/mol. The Hall–Kier alpha value is -2.59. The number of nitrogens with two attached hydrogens (primary N) is 3. The summed E-state index contributed by atoms with van der Waals surface area (Å²) in [6, 6.07) is -0.665. The van der Waals surface area contributed by atoms with E-state index in [1.165, 1.54) is 23.5 Å². The quantitative estimate of drug-likeness (QED) is 0.0751. The van der Waals surface area contributed by atoms with Gasteiger partial charge in [-0.2, -0.15) is 4.98 Å². The molecule has 0 radical (unpaired) electrons. The first-order valence-corrected chi connectivity index (χ1v) is 18.5. The van der Waals surface area contributed by atoms with Crippen molar-refractivity contribution in [3.8, 4) is 0 Å². The molecule has 2 fully saturated rings. The number of aliphatic hydroxyl groups is 1. The molecule has 0 bridgehead atoms. The van der Waals surface area contributed by atoms with Crippen molar-refractivity contribution in [3.05, 3.63) is 29.3 Å². The van der Waals surface area contributed by atoms with Gasteiger partial charge in [-0.15, -0.1) is 0 Å². The van der Waals surface area contributed by atoms with Gasteiger partial charge in [0, 0.05) is 18.9 Å². The number of H-pyrrole nitrogens is 1. The van der Waals surface area contributed by atoms with Crippen molar-refractivity contribution in [2.24, 2.45) is 5.50 Å². The first-order chi connectivity index (χ1) is 20.8. The molecule has 238 valence electrons. The molecule has 8 atom stereocenters. The Labute approximate surface area is 257 Å². The number of nitrogens with one attached hydrogen (secondary N) is 2. The monoisotopic (exact) mass is 690 g/mol. The lowest BCUT2D eigenvalue weighted by Gasteiger charge is -2.26. The average Bonchev–Trinajstić information content (AvgIpc) is 3.71. The number of aliphatic hydroxyl groups excluding tert-OH is 1. The van der Waals surface area contributed by atoms with Gasteiger partial charge in [-0.25, -0.2) is 25.0 Å². The van der Waals surface area contributed by atoms with Crippen LogP contribution in [0.1, 0.15) is 25.3 Å². The number of anilines is 2. The van der Waals surface area contributed by atoms with Crippen LogP contribution < -0.4 is 27.6 Å². The number of aromatic amines is 1. The van der Waals surface area contributed by atoms with Crippen molar-refractivity contribution in [3.63, 3.8) is 0 Å². The maximum absolute atomic E-state index is 12.1. The van der Waals surface area contributed by atoms with E-state index >= 15 is 0 Å². The third-order valence-corrected chi connectivity index (χ3v) is 9.67. The Kier molecular flexibility index (Phi) is 8.54. The van der Waals surface area contributed by atoms with Crippen LogP contribution in [0.15, 0.2) is 23.8 Å². The number of hydrogen-bond donors (Lipinski definition) is 8. The average molecular weight is 691 g/mol. The fourth-order valence-corrected chi connectivity index (χ4v) is 7.38. The standard InChI is InChI=1S/C20H28N12O8P2S2/c21-15-13-16(25-5-24-15)31(6-26-13)12-2-9(11(40-12)4-37-41(23,35)43)30-42(36,44)38-3-8-1-10(33)19(39-8)32-7-27-14-17(32)28-20(22)29-18(14)34/h5-12,19,33H,1-4H2,(H2,21,24,25)(H3,23,35,43)(H2,30,36,44)(H3,22,28,29,34)/t8-,9-,10+,11+,12+,19+,41?,42?/m0/s1. The van der Waals surface area contributed by atoms with E-state index in [0.717, 1.165) is 0 Å². The molecule has 4 aromatic rings. The van der Waals surface area contributed by atoms with Gasteiger partial charge in [0.15, 0.2) is 28.9 Å². The fraction of sp³-hybridized carbons (Fsp3) is 0.500. The highest BCUT2D eigenvalue weighted by Gasteiger charge is 2.42. The summed E-state index contributed by atoms with van der Waals surface area (Å²) in [5.41, 5.74) is 17.4. The lowest BCUT2D eigenvalue weighted by Crippen LogP contribution is -2.37. The first-order valence-electron chi connectivity index (χ1n) is 12.9. The summed E-state index contributed by atoms with van der Waals surface area (Å²) in [6.07, 6.45) is 0.323. The van der Waals surface area contributed by atoms with E-state index < -0.39 is 55.7 Å². The molecule has 2 unspecified atom stereocenters. The van der Waals surface area contributed by atoms with Crippen molar-refractivity contribution in [1.29, 1.82) is 0 Å². The van der Waals surface area contributed by atoms with E-state index in [2.05, 4.69) is 47.2 Å². The highest BCUT2D eigenvalue weighted by atomic mass is 32.7. The number of ether oxygens (including phenoxy) is 2. The SMILES string of the molecule is Nc1nc2c(ncn2[C@@H]2O[C@H](COP(O)(=S)N[C@H]3C[C@H](n4cnc5c(N)ncnc54)O[C@@H]3COP(N)(=O)S)C[C@H]2O)c(=O)[nH]1. The molecule has 0 aromatic carbocycles. The smallest absolute Gasteiger partial charge is 0.320 e. The topological polar surface area (TPSA) is 292 Å². The molecule has 0 spiro atoms. The number of rotatable bonds is 10. The van der Waals surface area contributed by atoms with Gasteiger partial charge >= 0.3 is 6.72 Å². The Morgan fingerprint density at radius 1 is 1.11 bits per heavy atom. The molecule has 44 heavy (non-hydrogen) atoms. The number of hydrogen-bond acceptors (Lipinski definition) is 15. The van der Waals surface area contributed by atoms with Crippen molar-refractivity contribution >= 4 is 71.5 Å². The second-order valence-corrected chi connectivity index (χ2v) is 16.2. The molecule has 0 amide bonds. The number of aromatic nitrogens is 8. The van der Waals surface area contributed by atoms with Gasteiger partial charge in [0.1, 0.15) is 24.2 Å². The van der Waals surface area contributed by atoms with Crippen molar-refractivity contribution in [2.45, 2.75) is 49.7 Å². The van der Waals surface area contributed by atoms with Gasteiger partial charge in [-0.05, 0) is 11.8 Å². The van der Waals surface area contributed by atoms with Gasteiger partial charge in [-0.1, -0.05) is 12.2 Å². The predicted octanol–water partition coefficient (Wildman–Crippen LogP) is -0.735. The minimum Gasteiger partial charge on any atom is -0.388 e. The van der Waals surface area contributed by atoms with Gasteiger partial charge < -0.3 is 40.0 Å². The van der Waals surface area contributed by atoms with Crippen LogP contribution in [0.25, 0.3) is 22.3 Å². The van der Waals surface area contributed by atoms with Crippen LogP contribution in [0.5, 0.6) is 0 Å². The zero-order valence-corrected chi connectivity index (χ0v) is 26.0. The molecule has 2 saturated heterocycles. The van der Waals surface area contributed by atoms with Gasteiger partial charge in [0.2, 0.25) is 5.95 Å². The zero-order chi connectivity index (χ0) is 31.4. The van der Waals surface area contributed by atoms with Crippen LogP contribution >= 0.6 is 25.6 Å². The summed E-state index contributed by atoms with van der Waals surface area (Å²) < 4.78 is 37.9. The third-order valence-electron chi connectivity index (χ3n) is 7.01. The molecular formula is C20H28N12O8P2S2. The Morgan fingerprint density at radius 3 is 2.64 bits per heavy atom. The van der Waals surface area contributed by atoms with Crippen LogP contribution in [0.3, 0.4) is 0 Å². The molecule has 0 aliphatic carbocycles. The van der Waals surface area contributed by atoms with Gasteiger partial charge in [0.05, 0.1) is 38.1 Å². The van der Waals surface area contributed by atoms with Crippen molar-refractivity contribution < 1.29 is 33.1 Å². The van der Waals surface area contributed by atoms with E-state index in [1.54, 1.807) is 4.57 Å². The third kappa shape index (κ3) is 6.52. The fourth-order valence-electron chi connectivity index (χ4n) is 5.10. The lowest BCUT2D eigenvalue weighted by molar-refractivity contribution is -0.0460. The van der Waals surface area contributed by atoms with Crippen molar-refractivity contribution in [1.82, 2.24) is 44.1 Å². The number of fused-ring (bicyclic) bond motifs is 2. The summed E-state index contributed by atoms with van der Waals surface area (Å²) in [7, 11) is 0. The molecule has 6 heterocycles. The Bertz CT molecular complexity index is 1850. The van der Waals surface area contributed by atoms with Crippen LogP contribution in [0.2, 0.25) is 0 Å². The van der Waals surface area contributed by atoms with Crippen LogP contribution in [0.4, 0.5) is 11.8 Å². The van der Waals surface area contributed by atoms with Gasteiger partial charge in [-0.3, -0.25) is 29.0 Å². The second kappa shape index (κ2) is 12.0. The van der Waals surface area contributed by atoms with E-state index in [4.69, 9.17) is 47.3 Å². The molecule has 2 aliphatic heterocycles. The van der Waals surface area contributed by atoms with E-state index in [-0.39, 0.29) is 49.0 Å². The maximum Gasteiger partial charge on any atom is 0.320 e. The largest absolute Gasteiger partial charge is 0.388 e. The lowest BCUT2D eigenvalue weighted by atomic mass is 10.1. The number of imidazole rings is 2. The van der Waals surface area contributed by atoms with Crippen LogP contribution in [0, 0.1) is 0 Å². The maximum atomic E-state index is 12.1. The number of nitrogens with zero attached hydrogens (tertiary/aromatic N) is 7. The van der Waals surface area contributed by atoms with Gasteiger partial charge in [0.25, 0.3) is 12.2 Å². The molecule has 6 rings (SSSR count). The van der Waals surface area contributed by atoms with E-state index in [9.17, 15) is 19.4 Å². The summed E-state index contributed by atoms with van der Waals surface area (Å²) in [5.74, 6) is 0.0734. The second-order valence-electron chi connectivity index (χ2n) is 10.1. The molecule has 4 aromatic heterocycles. The molecule has 0 saturated carbocycles. The highest BCUT2D eigenvalue weighted by Crippen LogP contribution is 2.46. The van der Waals surface area contributed by atoms with Crippen LogP contribution in [-0.4, -0.2) is 86.6 Å². The first kappa shape index (κ1) is 31.4. The minimum atomic E-state index is -3.70. The molecule has 20 nitrogen and oxygen atoms in total.